The van der Waals surface area contributed by atoms with Gasteiger partial charge in [0.1, 0.15) is 0 Å². The molecule has 0 saturated heterocycles. The van der Waals surface area contributed by atoms with E-state index in [1.807, 2.05) is 25.0 Å². The van der Waals surface area contributed by atoms with Gasteiger partial charge >= 0.3 is 6.92 Å². The van der Waals surface area contributed by atoms with Crippen molar-refractivity contribution in [3.63, 3.8) is 0 Å². The summed E-state index contributed by atoms with van der Waals surface area (Å²) < 4.78 is 31.0. The zero-order chi connectivity index (χ0) is 15.7. The molecule has 6 heteroatoms. The zero-order valence-corrected chi connectivity index (χ0v) is 13.5. The second-order valence-electron chi connectivity index (χ2n) is 5.52. The van der Waals surface area contributed by atoms with Gasteiger partial charge in [0.05, 0.1) is 11.9 Å². The Labute approximate surface area is 131 Å². The normalized spacial score (nSPS) is 17.5. The van der Waals surface area contributed by atoms with E-state index in [-0.39, 0.29) is 23.8 Å². The highest BCUT2D eigenvalue weighted by Gasteiger charge is 2.33. The molecule has 1 aromatic heterocycles. The number of rotatable bonds is 4. The van der Waals surface area contributed by atoms with Gasteiger partial charge < -0.3 is 4.65 Å². The second-order valence-corrected chi connectivity index (χ2v) is 7.46. The van der Waals surface area contributed by atoms with Crippen molar-refractivity contribution >= 4 is 22.2 Å². The first kappa shape index (κ1) is 15.2. The Kier molecular flexibility index (Phi) is 4.06. The maximum Gasteiger partial charge on any atom is 0.324 e. The van der Waals surface area contributed by atoms with Gasteiger partial charge in [-0.2, -0.15) is 0 Å². The molecule has 3 rings (SSSR count). The van der Waals surface area contributed by atoms with Crippen LogP contribution in [0.1, 0.15) is 30.6 Å². The Morgan fingerprint density at radius 1 is 1.23 bits per heavy atom. The van der Waals surface area contributed by atoms with Gasteiger partial charge in [0.2, 0.25) is 0 Å². The van der Waals surface area contributed by atoms with Gasteiger partial charge in [-0.3, -0.25) is 0 Å². The fourth-order valence-electron chi connectivity index (χ4n) is 3.05. The summed E-state index contributed by atoms with van der Waals surface area (Å²) in [6.07, 6.45) is 2.44. The standard InChI is InChI=1S/C16H18BNO3S/c1-3-14-13-8-6-7-12(16(13)17(2)21-14)11-22(19,20)15-9-4-5-10-18-15/h4-10,14H,3,11H2,1-2H3/t14-/m1/s1. The van der Waals surface area contributed by atoms with E-state index < -0.39 is 9.84 Å². The fraction of sp³-hybridized carbons (Fsp3) is 0.312. The van der Waals surface area contributed by atoms with E-state index in [1.165, 1.54) is 12.3 Å². The first-order chi connectivity index (χ1) is 10.5. The van der Waals surface area contributed by atoms with E-state index in [0.29, 0.717) is 0 Å². The summed E-state index contributed by atoms with van der Waals surface area (Å²) in [4.78, 5) is 3.97. The molecule has 0 amide bonds. The van der Waals surface area contributed by atoms with Crippen LogP contribution in [0.5, 0.6) is 0 Å². The Morgan fingerprint density at radius 2 is 2.05 bits per heavy atom. The number of aromatic nitrogens is 1. The van der Waals surface area contributed by atoms with Crippen LogP contribution in [0.4, 0.5) is 0 Å². The first-order valence-corrected chi connectivity index (χ1v) is 9.09. The SMILES string of the molecule is CC[C@H]1OB(C)c2c(CS(=O)(=O)c3ccccn3)cccc21. The summed E-state index contributed by atoms with van der Waals surface area (Å²) in [5.74, 6) is -0.0443. The molecule has 1 aromatic carbocycles. The second kappa shape index (κ2) is 5.86. The van der Waals surface area contributed by atoms with Crippen LogP contribution in [0.2, 0.25) is 6.82 Å². The molecule has 1 aliphatic heterocycles. The van der Waals surface area contributed by atoms with Crippen LogP contribution in [-0.4, -0.2) is 20.3 Å². The van der Waals surface area contributed by atoms with Gasteiger partial charge in [-0.15, -0.1) is 0 Å². The Hall–Kier alpha value is -1.66. The molecule has 0 fully saturated rings. The number of hydrogen-bond acceptors (Lipinski definition) is 4. The number of pyridine rings is 1. The van der Waals surface area contributed by atoms with Crippen molar-refractivity contribution in [1.82, 2.24) is 4.98 Å². The molecule has 4 nitrogen and oxygen atoms in total. The van der Waals surface area contributed by atoms with Crippen LogP contribution in [0, 0.1) is 0 Å². The van der Waals surface area contributed by atoms with Gasteiger partial charge in [0.15, 0.2) is 14.9 Å². The molecule has 0 spiro atoms. The third-order valence-corrected chi connectivity index (χ3v) is 5.59. The molecular weight excluding hydrogens is 297 g/mol. The quantitative estimate of drug-likeness (QED) is 0.813. The van der Waals surface area contributed by atoms with Crippen molar-refractivity contribution in [2.24, 2.45) is 0 Å². The molecule has 114 valence electrons. The third-order valence-electron chi connectivity index (χ3n) is 4.02. The fourth-order valence-corrected chi connectivity index (χ4v) is 4.37. The predicted molar refractivity (Wildman–Crippen MR) is 86.9 cm³/mol. The Morgan fingerprint density at radius 3 is 2.73 bits per heavy atom. The molecule has 0 aliphatic carbocycles. The minimum absolute atomic E-state index is 0.0443. The van der Waals surface area contributed by atoms with Gasteiger partial charge in [-0.05, 0) is 35.1 Å². The number of hydrogen-bond donors (Lipinski definition) is 0. The molecule has 2 aromatic rings. The highest BCUT2D eigenvalue weighted by molar-refractivity contribution is 7.90. The smallest absolute Gasteiger partial charge is 0.324 e. The molecular formula is C16H18BNO3S. The third kappa shape index (κ3) is 2.68. The summed E-state index contributed by atoms with van der Waals surface area (Å²) in [6.45, 7) is 3.98. The Balaban J connectivity index is 2.00. The molecule has 0 saturated carbocycles. The van der Waals surface area contributed by atoms with Crippen LogP contribution in [-0.2, 0) is 20.2 Å². The van der Waals surface area contributed by atoms with E-state index in [2.05, 4.69) is 11.9 Å². The number of sulfone groups is 1. The van der Waals surface area contributed by atoms with Crippen molar-refractivity contribution in [2.45, 2.75) is 37.1 Å². The summed E-state index contributed by atoms with van der Waals surface area (Å²) >= 11 is 0. The van der Waals surface area contributed by atoms with Crippen LogP contribution in [0.3, 0.4) is 0 Å². The summed E-state index contributed by atoms with van der Waals surface area (Å²) in [5.41, 5.74) is 2.95. The monoisotopic (exact) mass is 315 g/mol. The molecule has 0 unspecified atom stereocenters. The average molecular weight is 315 g/mol. The molecule has 0 radical (unpaired) electrons. The largest absolute Gasteiger partial charge is 0.424 e. The van der Waals surface area contributed by atoms with E-state index in [0.717, 1.165) is 23.0 Å². The van der Waals surface area contributed by atoms with Crippen molar-refractivity contribution in [2.75, 3.05) is 0 Å². The summed E-state index contributed by atoms with van der Waals surface area (Å²) in [7, 11) is -3.45. The number of nitrogens with zero attached hydrogens (tertiary/aromatic N) is 1. The molecule has 2 heterocycles. The van der Waals surface area contributed by atoms with Crippen LogP contribution in [0.15, 0.2) is 47.6 Å². The van der Waals surface area contributed by atoms with Gasteiger partial charge in [-0.25, -0.2) is 13.4 Å². The van der Waals surface area contributed by atoms with E-state index in [4.69, 9.17) is 4.65 Å². The highest BCUT2D eigenvalue weighted by atomic mass is 32.2. The molecule has 0 N–H and O–H groups in total. The van der Waals surface area contributed by atoms with Gasteiger partial charge in [0, 0.05) is 6.20 Å². The first-order valence-electron chi connectivity index (χ1n) is 7.44. The van der Waals surface area contributed by atoms with E-state index in [9.17, 15) is 8.42 Å². The molecule has 22 heavy (non-hydrogen) atoms. The maximum atomic E-state index is 12.6. The summed E-state index contributed by atoms with van der Waals surface area (Å²) in [6, 6.07) is 10.7. The molecule has 1 atom stereocenters. The lowest BCUT2D eigenvalue weighted by Crippen LogP contribution is -2.29. The average Bonchev–Trinajstić information content (AvgIpc) is 2.85. The highest BCUT2D eigenvalue weighted by Crippen LogP contribution is 2.29. The lowest BCUT2D eigenvalue weighted by Gasteiger charge is -2.11. The van der Waals surface area contributed by atoms with Gasteiger partial charge in [0.25, 0.3) is 0 Å². The maximum absolute atomic E-state index is 12.6. The van der Waals surface area contributed by atoms with Crippen LogP contribution in [0.25, 0.3) is 0 Å². The zero-order valence-electron chi connectivity index (χ0n) is 12.7. The van der Waals surface area contributed by atoms with Crippen molar-refractivity contribution < 1.29 is 13.1 Å². The van der Waals surface area contributed by atoms with Crippen molar-refractivity contribution in [3.05, 3.63) is 53.7 Å². The lowest BCUT2D eigenvalue weighted by atomic mass is 9.62. The molecule has 0 bridgehead atoms. The van der Waals surface area contributed by atoms with Crippen molar-refractivity contribution in [3.8, 4) is 0 Å². The van der Waals surface area contributed by atoms with Gasteiger partial charge in [-0.1, -0.05) is 38.0 Å². The van der Waals surface area contributed by atoms with Crippen LogP contribution >= 0.6 is 0 Å². The topological polar surface area (TPSA) is 56.3 Å². The molecule has 1 aliphatic rings. The van der Waals surface area contributed by atoms with E-state index in [1.54, 1.807) is 12.1 Å². The van der Waals surface area contributed by atoms with Crippen LogP contribution < -0.4 is 5.46 Å². The van der Waals surface area contributed by atoms with Crippen molar-refractivity contribution in [1.29, 1.82) is 0 Å². The lowest BCUT2D eigenvalue weighted by molar-refractivity contribution is 0.221. The number of benzene rings is 1. The van der Waals surface area contributed by atoms with E-state index >= 15 is 0 Å². The number of fused-ring (bicyclic) bond motifs is 1. The minimum Gasteiger partial charge on any atom is -0.424 e. The Bertz CT molecular complexity index is 777. The minimum atomic E-state index is -3.45. The summed E-state index contributed by atoms with van der Waals surface area (Å²) in [5, 5.41) is 0.117. The predicted octanol–water partition coefficient (Wildman–Crippen LogP) is 2.37.